The van der Waals surface area contributed by atoms with Crippen molar-refractivity contribution in [3.05, 3.63) is 36.0 Å². The topological polar surface area (TPSA) is 20.2 Å². The molecule has 0 saturated heterocycles. The molecule has 4 aliphatic carbocycles. The third-order valence-electron chi connectivity index (χ3n) is 10.5. The van der Waals surface area contributed by atoms with Crippen LogP contribution in [0.3, 0.4) is 0 Å². The van der Waals surface area contributed by atoms with Gasteiger partial charge in [-0.05, 0) is 111 Å². The van der Waals surface area contributed by atoms with E-state index in [4.69, 9.17) is 0 Å². The molecule has 3 saturated carbocycles. The van der Waals surface area contributed by atoms with Crippen molar-refractivity contribution in [2.24, 2.45) is 46.3 Å². The molecule has 0 aromatic rings. The van der Waals surface area contributed by atoms with Gasteiger partial charge in [-0.15, -0.1) is 0 Å². The summed E-state index contributed by atoms with van der Waals surface area (Å²) in [4.78, 5) is 0. The number of aliphatic hydroxyl groups is 1. The Balaban J connectivity index is 1.54. The summed E-state index contributed by atoms with van der Waals surface area (Å²) >= 11 is 0. The van der Waals surface area contributed by atoms with Crippen LogP contribution in [-0.4, -0.2) is 11.2 Å². The summed E-state index contributed by atoms with van der Waals surface area (Å²) in [7, 11) is 0. The predicted octanol–water partition coefficient (Wildman–Crippen LogP) is 7.72. The lowest BCUT2D eigenvalue weighted by molar-refractivity contribution is -0.0414. The Morgan fingerprint density at radius 2 is 1.83 bits per heavy atom. The van der Waals surface area contributed by atoms with Gasteiger partial charge in [0.15, 0.2) is 0 Å². The van der Waals surface area contributed by atoms with Crippen LogP contribution in [0, 0.1) is 46.3 Å². The van der Waals surface area contributed by atoms with Gasteiger partial charge in [0.2, 0.25) is 0 Å². The highest BCUT2D eigenvalue weighted by Crippen LogP contribution is 2.66. The highest BCUT2D eigenvalue weighted by Gasteiger charge is 2.57. The Kier molecular flexibility index (Phi) is 6.17. The maximum atomic E-state index is 10.3. The van der Waals surface area contributed by atoms with Crippen LogP contribution in [0.1, 0.15) is 92.4 Å². The lowest BCUT2D eigenvalue weighted by Crippen LogP contribution is -2.49. The molecule has 30 heavy (non-hydrogen) atoms. The zero-order chi connectivity index (χ0) is 21.7. The molecule has 0 spiro atoms. The van der Waals surface area contributed by atoms with Crippen molar-refractivity contribution in [2.75, 3.05) is 0 Å². The lowest BCUT2D eigenvalue weighted by atomic mass is 9.47. The van der Waals surface area contributed by atoms with Gasteiger partial charge in [0.25, 0.3) is 0 Å². The number of aliphatic hydroxyl groups excluding tert-OH is 1. The molecular weight excluding hydrogens is 364 g/mol. The van der Waals surface area contributed by atoms with Gasteiger partial charge in [-0.3, -0.25) is 0 Å². The van der Waals surface area contributed by atoms with Crippen LogP contribution in [0.2, 0.25) is 0 Å². The fourth-order valence-electron chi connectivity index (χ4n) is 8.49. The quantitative estimate of drug-likeness (QED) is 0.460. The molecule has 1 nitrogen and oxygen atoms in total. The van der Waals surface area contributed by atoms with Crippen molar-refractivity contribution in [1.29, 1.82) is 0 Å². The summed E-state index contributed by atoms with van der Waals surface area (Å²) in [6.07, 6.45) is 18.8. The smallest absolute Gasteiger partial charge is 0.0543 e. The molecule has 1 heteroatoms. The average molecular weight is 411 g/mol. The first-order valence-electron chi connectivity index (χ1n) is 12.9. The first-order chi connectivity index (χ1) is 14.2. The van der Waals surface area contributed by atoms with Gasteiger partial charge in [0.1, 0.15) is 0 Å². The number of hydrogen-bond acceptors (Lipinski definition) is 1. The Morgan fingerprint density at radius 1 is 1.13 bits per heavy atom. The Hall–Kier alpha value is -0.820. The van der Waals surface area contributed by atoms with Gasteiger partial charge >= 0.3 is 0 Å². The fraction of sp³-hybridized carbons (Fsp3) is 0.793. The molecule has 0 unspecified atom stereocenters. The highest BCUT2D eigenvalue weighted by molar-refractivity contribution is 5.28. The van der Waals surface area contributed by atoms with Gasteiger partial charge in [0.05, 0.1) is 6.10 Å². The highest BCUT2D eigenvalue weighted by atomic mass is 16.3. The summed E-state index contributed by atoms with van der Waals surface area (Å²) in [6.45, 7) is 16.3. The molecule has 4 aliphatic rings. The molecule has 0 heterocycles. The van der Waals surface area contributed by atoms with E-state index >= 15 is 0 Å². The maximum absolute atomic E-state index is 10.3. The maximum Gasteiger partial charge on any atom is 0.0543 e. The Labute approximate surface area is 186 Å². The van der Waals surface area contributed by atoms with Crippen LogP contribution in [-0.2, 0) is 0 Å². The fourth-order valence-corrected chi connectivity index (χ4v) is 8.49. The minimum atomic E-state index is -0.0541. The molecular formula is C29H46O. The Morgan fingerprint density at radius 3 is 2.53 bits per heavy atom. The summed E-state index contributed by atoms with van der Waals surface area (Å²) in [6, 6.07) is 0. The molecule has 0 bridgehead atoms. The summed E-state index contributed by atoms with van der Waals surface area (Å²) in [5, 5.41) is 10.3. The average Bonchev–Trinajstić information content (AvgIpc) is 3.06. The molecule has 0 radical (unpaired) electrons. The molecule has 4 rings (SSSR count). The molecule has 0 aromatic heterocycles. The standard InChI is InChI=1S/C29H46O/c1-7-21(19(2)3)9-8-20(4)25-12-13-26-24-11-10-22-18-23(30)14-16-28(22,5)27(24)15-17-29(25,26)6/h8-9,11,20-23,25-27,30H,2,7,10,12-18H2,1,3-6H3/b9-8+/t20-,21-,22+,23+,25-,26+,27+,28+,29-/m0/s1. The van der Waals surface area contributed by atoms with E-state index in [0.29, 0.717) is 28.6 Å². The first-order valence-corrected chi connectivity index (χ1v) is 12.9. The minimum Gasteiger partial charge on any atom is -0.393 e. The summed E-state index contributed by atoms with van der Waals surface area (Å²) in [5.74, 6) is 4.27. The number of hydrogen-bond donors (Lipinski definition) is 1. The van der Waals surface area contributed by atoms with Crippen LogP contribution in [0.4, 0.5) is 0 Å². The van der Waals surface area contributed by atoms with E-state index in [1.165, 1.54) is 44.1 Å². The van der Waals surface area contributed by atoms with Gasteiger partial charge in [0, 0.05) is 0 Å². The monoisotopic (exact) mass is 410 g/mol. The van der Waals surface area contributed by atoms with Crippen molar-refractivity contribution < 1.29 is 5.11 Å². The van der Waals surface area contributed by atoms with Crippen LogP contribution in [0.25, 0.3) is 0 Å². The van der Waals surface area contributed by atoms with Crippen LogP contribution >= 0.6 is 0 Å². The van der Waals surface area contributed by atoms with E-state index in [0.717, 1.165) is 37.0 Å². The van der Waals surface area contributed by atoms with Crippen LogP contribution in [0.15, 0.2) is 36.0 Å². The van der Waals surface area contributed by atoms with E-state index < -0.39 is 0 Å². The molecule has 0 aliphatic heterocycles. The van der Waals surface area contributed by atoms with E-state index in [2.05, 4.69) is 59.4 Å². The van der Waals surface area contributed by atoms with Gasteiger partial charge < -0.3 is 5.11 Å². The van der Waals surface area contributed by atoms with Crippen molar-refractivity contribution >= 4 is 0 Å². The predicted molar refractivity (Wildman–Crippen MR) is 128 cm³/mol. The van der Waals surface area contributed by atoms with Crippen molar-refractivity contribution in [2.45, 2.75) is 98.5 Å². The van der Waals surface area contributed by atoms with E-state index in [9.17, 15) is 5.11 Å². The van der Waals surface area contributed by atoms with Gasteiger partial charge in [-0.1, -0.05) is 63.6 Å². The van der Waals surface area contributed by atoms with E-state index in [1.807, 2.05) is 5.57 Å². The molecule has 0 aromatic carbocycles. The van der Waals surface area contributed by atoms with Crippen molar-refractivity contribution in [3.63, 3.8) is 0 Å². The normalized spacial score (nSPS) is 45.3. The lowest BCUT2D eigenvalue weighted by Gasteiger charge is -2.57. The molecule has 0 amide bonds. The van der Waals surface area contributed by atoms with E-state index in [-0.39, 0.29) is 6.10 Å². The Bertz CT molecular complexity index is 716. The van der Waals surface area contributed by atoms with Gasteiger partial charge in [-0.2, -0.15) is 0 Å². The third-order valence-corrected chi connectivity index (χ3v) is 10.5. The summed E-state index contributed by atoms with van der Waals surface area (Å²) in [5.41, 5.74) is 4.04. The zero-order valence-electron chi connectivity index (χ0n) is 20.3. The molecule has 9 atom stereocenters. The minimum absolute atomic E-state index is 0.0541. The second-order valence-corrected chi connectivity index (χ2v) is 12.0. The second kappa shape index (κ2) is 8.27. The van der Waals surface area contributed by atoms with Crippen LogP contribution in [0.5, 0.6) is 0 Å². The van der Waals surface area contributed by atoms with Gasteiger partial charge in [-0.25, -0.2) is 0 Å². The van der Waals surface area contributed by atoms with Crippen LogP contribution < -0.4 is 0 Å². The summed E-state index contributed by atoms with van der Waals surface area (Å²) < 4.78 is 0. The largest absolute Gasteiger partial charge is 0.393 e. The first kappa shape index (κ1) is 22.4. The number of allylic oxidation sites excluding steroid dienone is 5. The SMILES string of the molecule is C=C(C)[C@H](/C=C/[C@H](C)[C@@H]1CC[C@@H]2C3=CC[C@@H]4C[C@H](O)CC[C@@]4(C)[C@@H]3CC[C@]21C)CC. The number of rotatable bonds is 5. The van der Waals surface area contributed by atoms with E-state index in [1.54, 1.807) is 0 Å². The van der Waals surface area contributed by atoms with Crippen molar-refractivity contribution in [3.8, 4) is 0 Å². The number of fused-ring (bicyclic) bond motifs is 5. The second-order valence-electron chi connectivity index (χ2n) is 12.0. The van der Waals surface area contributed by atoms with Crippen molar-refractivity contribution in [1.82, 2.24) is 0 Å². The zero-order valence-corrected chi connectivity index (χ0v) is 20.3. The molecule has 168 valence electrons. The molecule has 1 N–H and O–H groups in total. The third kappa shape index (κ3) is 3.58. The molecule has 3 fully saturated rings.